The standard InChI is InChI=1S/C20H26O6/c1-11(2)14-5-6-19(22)16-15(24-17(19)21)7-12(3)8-18(25-16)9-13(4)20(23,10-14)26-18/h8-9,14-16,22-23H,1,5-7,10H2,2-4H3/t14-,15+,16-,18+,19+,20-/m1/s1. The van der Waals surface area contributed by atoms with Crippen molar-refractivity contribution in [2.75, 3.05) is 0 Å². The second-order valence-corrected chi connectivity index (χ2v) is 8.32. The number of allylic oxidation sites excluding steroid dienone is 1. The van der Waals surface area contributed by atoms with Crippen LogP contribution in [0.1, 0.15) is 46.5 Å². The molecule has 4 heterocycles. The Morgan fingerprint density at radius 2 is 2.04 bits per heavy atom. The molecule has 2 saturated heterocycles. The molecule has 2 N–H and O–H groups in total. The highest BCUT2D eigenvalue weighted by Gasteiger charge is 2.62. The number of rotatable bonds is 1. The molecule has 6 nitrogen and oxygen atoms in total. The molecule has 4 rings (SSSR count). The summed E-state index contributed by atoms with van der Waals surface area (Å²) in [5.74, 6) is -3.55. The minimum atomic E-state index is -1.73. The molecule has 0 aromatic rings. The number of ether oxygens (including phenoxy) is 3. The molecule has 142 valence electrons. The lowest BCUT2D eigenvalue weighted by Crippen LogP contribution is -2.53. The highest BCUT2D eigenvalue weighted by atomic mass is 16.8. The first kappa shape index (κ1) is 17.9. The monoisotopic (exact) mass is 362 g/mol. The maximum absolute atomic E-state index is 12.5. The van der Waals surface area contributed by atoms with E-state index < -0.39 is 35.4 Å². The molecular formula is C20H26O6. The topological polar surface area (TPSA) is 85.2 Å². The summed E-state index contributed by atoms with van der Waals surface area (Å²) < 4.78 is 17.7. The normalized spacial score (nSPS) is 47.6. The van der Waals surface area contributed by atoms with E-state index in [1.54, 1.807) is 19.1 Å². The Labute approximate surface area is 153 Å². The van der Waals surface area contributed by atoms with Crippen molar-refractivity contribution in [2.24, 2.45) is 5.92 Å². The molecule has 0 saturated carbocycles. The summed E-state index contributed by atoms with van der Waals surface area (Å²) in [7, 11) is 0. The number of carbonyl (C=O) groups excluding carboxylic acids is 1. The summed E-state index contributed by atoms with van der Waals surface area (Å²) in [6.45, 7) is 9.61. The molecule has 0 aromatic carbocycles. The zero-order chi connectivity index (χ0) is 18.9. The summed E-state index contributed by atoms with van der Waals surface area (Å²) in [5, 5.41) is 22.4. The molecule has 0 radical (unpaired) electrons. The van der Waals surface area contributed by atoms with Crippen molar-refractivity contribution < 1.29 is 29.2 Å². The first-order valence-corrected chi connectivity index (χ1v) is 9.14. The average molecular weight is 362 g/mol. The second-order valence-electron chi connectivity index (χ2n) is 8.32. The first-order valence-electron chi connectivity index (χ1n) is 9.14. The lowest BCUT2D eigenvalue weighted by molar-refractivity contribution is -0.307. The van der Waals surface area contributed by atoms with Gasteiger partial charge in [-0.15, -0.1) is 0 Å². The van der Waals surface area contributed by atoms with Crippen molar-refractivity contribution >= 4 is 5.97 Å². The smallest absolute Gasteiger partial charge is 0.341 e. The van der Waals surface area contributed by atoms with Gasteiger partial charge in [0.1, 0.15) is 12.2 Å². The zero-order valence-corrected chi connectivity index (χ0v) is 15.4. The Balaban J connectivity index is 1.85. The fraction of sp³-hybridized carbons (Fsp3) is 0.650. The third-order valence-corrected chi connectivity index (χ3v) is 6.16. The summed E-state index contributed by atoms with van der Waals surface area (Å²) in [4.78, 5) is 12.5. The van der Waals surface area contributed by atoms with Crippen LogP contribution in [0.15, 0.2) is 35.5 Å². The van der Waals surface area contributed by atoms with E-state index in [4.69, 9.17) is 14.2 Å². The Kier molecular flexibility index (Phi) is 3.80. The molecule has 0 aromatic heterocycles. The zero-order valence-electron chi connectivity index (χ0n) is 15.4. The fourth-order valence-corrected chi connectivity index (χ4v) is 4.61. The van der Waals surface area contributed by atoms with Crippen LogP contribution in [0, 0.1) is 5.92 Å². The Morgan fingerprint density at radius 3 is 2.73 bits per heavy atom. The molecule has 4 aliphatic heterocycles. The van der Waals surface area contributed by atoms with Crippen molar-refractivity contribution in [1.29, 1.82) is 0 Å². The number of fused-ring (bicyclic) bond motifs is 1. The van der Waals surface area contributed by atoms with E-state index in [1.165, 1.54) is 0 Å². The Morgan fingerprint density at radius 1 is 1.31 bits per heavy atom. The van der Waals surface area contributed by atoms with Gasteiger partial charge in [0.15, 0.2) is 11.4 Å². The molecule has 0 amide bonds. The van der Waals surface area contributed by atoms with E-state index in [2.05, 4.69) is 6.58 Å². The molecule has 6 heteroatoms. The fourth-order valence-electron chi connectivity index (χ4n) is 4.61. The van der Waals surface area contributed by atoms with Crippen molar-refractivity contribution in [2.45, 2.75) is 75.8 Å². The van der Waals surface area contributed by atoms with Crippen LogP contribution < -0.4 is 0 Å². The maximum Gasteiger partial charge on any atom is 0.341 e. The molecular weight excluding hydrogens is 336 g/mol. The van der Waals surface area contributed by atoms with Gasteiger partial charge in [0.2, 0.25) is 5.79 Å². The minimum Gasteiger partial charge on any atom is -0.457 e. The van der Waals surface area contributed by atoms with Crippen LogP contribution in [0.2, 0.25) is 0 Å². The van der Waals surface area contributed by atoms with Crippen molar-refractivity contribution in [3.05, 3.63) is 35.5 Å². The lowest BCUT2D eigenvalue weighted by Gasteiger charge is -2.39. The van der Waals surface area contributed by atoms with Crippen molar-refractivity contribution in [3.8, 4) is 0 Å². The number of hydrogen-bond acceptors (Lipinski definition) is 6. The van der Waals surface area contributed by atoms with Gasteiger partial charge >= 0.3 is 5.97 Å². The van der Waals surface area contributed by atoms with Gasteiger partial charge in [-0.3, -0.25) is 0 Å². The first-order chi connectivity index (χ1) is 12.1. The van der Waals surface area contributed by atoms with E-state index in [1.807, 2.05) is 13.8 Å². The van der Waals surface area contributed by atoms with E-state index >= 15 is 0 Å². The number of carbonyl (C=O) groups is 1. The van der Waals surface area contributed by atoms with E-state index in [-0.39, 0.29) is 12.3 Å². The van der Waals surface area contributed by atoms with Gasteiger partial charge in [-0.1, -0.05) is 17.7 Å². The van der Waals surface area contributed by atoms with Crippen LogP contribution in [-0.2, 0) is 19.0 Å². The molecule has 4 aliphatic rings. The van der Waals surface area contributed by atoms with Gasteiger partial charge in [0.25, 0.3) is 0 Å². The third kappa shape index (κ3) is 2.51. The number of hydrogen-bond donors (Lipinski definition) is 2. The molecule has 0 aliphatic carbocycles. The minimum absolute atomic E-state index is 0.111. The van der Waals surface area contributed by atoms with Crippen molar-refractivity contribution in [1.82, 2.24) is 0 Å². The van der Waals surface area contributed by atoms with Gasteiger partial charge in [-0.05, 0) is 57.3 Å². The predicted octanol–water partition coefficient (Wildman–Crippen LogP) is 2.12. The van der Waals surface area contributed by atoms with Gasteiger partial charge < -0.3 is 24.4 Å². The molecule has 0 unspecified atom stereocenters. The van der Waals surface area contributed by atoms with Gasteiger partial charge in [0, 0.05) is 12.8 Å². The van der Waals surface area contributed by atoms with E-state index in [9.17, 15) is 15.0 Å². The Hall–Kier alpha value is -1.47. The molecule has 1 spiro atoms. The summed E-state index contributed by atoms with van der Waals surface area (Å²) in [5.41, 5.74) is 0.714. The van der Waals surface area contributed by atoms with Gasteiger partial charge in [0.05, 0.1) is 0 Å². The third-order valence-electron chi connectivity index (χ3n) is 6.16. The second kappa shape index (κ2) is 5.52. The van der Waals surface area contributed by atoms with E-state index in [0.29, 0.717) is 24.8 Å². The largest absolute Gasteiger partial charge is 0.457 e. The van der Waals surface area contributed by atoms with Crippen molar-refractivity contribution in [3.63, 3.8) is 0 Å². The van der Waals surface area contributed by atoms with Crippen LogP contribution >= 0.6 is 0 Å². The number of esters is 1. The molecule has 3 bridgehead atoms. The van der Waals surface area contributed by atoms with Crippen LogP contribution in [-0.4, -0.2) is 45.6 Å². The van der Waals surface area contributed by atoms with Crippen LogP contribution in [0.25, 0.3) is 0 Å². The van der Waals surface area contributed by atoms with Gasteiger partial charge in [-0.2, -0.15) is 0 Å². The highest BCUT2D eigenvalue weighted by Crippen LogP contribution is 2.50. The highest BCUT2D eigenvalue weighted by molar-refractivity contribution is 5.83. The molecule has 2 fully saturated rings. The Bertz CT molecular complexity index is 739. The molecule has 6 atom stereocenters. The SMILES string of the molecule is C=C(C)[C@@H]1CC[C@@]2(O)C(=O)O[C@H]3CC(C)=C[C@]4(C=C(C)[C@@](O)(C1)O4)O[C@H]32. The predicted molar refractivity (Wildman–Crippen MR) is 92.8 cm³/mol. The van der Waals surface area contributed by atoms with Crippen LogP contribution in [0.5, 0.6) is 0 Å². The maximum atomic E-state index is 12.5. The molecule has 26 heavy (non-hydrogen) atoms. The van der Waals surface area contributed by atoms with Crippen LogP contribution in [0.3, 0.4) is 0 Å². The summed E-state index contributed by atoms with van der Waals surface area (Å²) in [6.07, 6.45) is 3.53. The number of aliphatic hydroxyl groups is 2. The average Bonchev–Trinajstić information content (AvgIpc) is 2.82. The quantitative estimate of drug-likeness (QED) is 0.549. The summed E-state index contributed by atoms with van der Waals surface area (Å²) in [6, 6.07) is 0. The van der Waals surface area contributed by atoms with Gasteiger partial charge in [-0.25, -0.2) is 4.79 Å². The lowest BCUT2D eigenvalue weighted by atomic mass is 9.81. The summed E-state index contributed by atoms with van der Waals surface area (Å²) >= 11 is 0. The van der Waals surface area contributed by atoms with E-state index in [0.717, 1.165) is 11.1 Å². The van der Waals surface area contributed by atoms with Crippen LogP contribution in [0.4, 0.5) is 0 Å².